The van der Waals surface area contributed by atoms with Crippen molar-refractivity contribution in [1.29, 1.82) is 0 Å². The average molecular weight is 298 g/mol. The number of hydrogen-bond acceptors (Lipinski definition) is 1. The summed E-state index contributed by atoms with van der Waals surface area (Å²) >= 11 is 0. The van der Waals surface area contributed by atoms with E-state index < -0.39 is 5.60 Å². The van der Waals surface area contributed by atoms with Gasteiger partial charge in [0.2, 0.25) is 0 Å². The van der Waals surface area contributed by atoms with E-state index in [0.717, 1.165) is 11.1 Å². The lowest BCUT2D eigenvalue weighted by Gasteiger charge is -2.20. The summed E-state index contributed by atoms with van der Waals surface area (Å²) in [5, 5.41) is 11.1. The maximum absolute atomic E-state index is 11.1. The van der Waals surface area contributed by atoms with Crippen LogP contribution in [0.3, 0.4) is 0 Å². The molecule has 0 saturated heterocycles. The Morgan fingerprint density at radius 3 is 2.26 bits per heavy atom. The van der Waals surface area contributed by atoms with Crippen molar-refractivity contribution < 1.29 is 5.11 Å². The zero-order valence-corrected chi connectivity index (χ0v) is 13.3. The Morgan fingerprint density at radius 1 is 0.739 bits per heavy atom. The molecule has 0 saturated carbocycles. The molecule has 3 aromatic rings. The molecule has 0 fully saturated rings. The smallest absolute Gasteiger partial charge is 0.113 e. The van der Waals surface area contributed by atoms with Gasteiger partial charge in [0, 0.05) is 5.92 Å². The van der Waals surface area contributed by atoms with Crippen LogP contribution < -0.4 is 0 Å². The quantitative estimate of drug-likeness (QED) is 0.615. The molecule has 3 aromatic carbocycles. The zero-order valence-electron chi connectivity index (χ0n) is 13.3. The molecule has 2 aliphatic rings. The van der Waals surface area contributed by atoms with Gasteiger partial charge in [0.15, 0.2) is 0 Å². The van der Waals surface area contributed by atoms with Gasteiger partial charge in [0.25, 0.3) is 0 Å². The van der Waals surface area contributed by atoms with Crippen LogP contribution >= 0.6 is 0 Å². The molecule has 1 N–H and O–H groups in total. The maximum Gasteiger partial charge on any atom is 0.113 e. The summed E-state index contributed by atoms with van der Waals surface area (Å²) in [6.07, 6.45) is 0. The highest BCUT2D eigenvalue weighted by atomic mass is 16.3. The third kappa shape index (κ3) is 1.50. The van der Waals surface area contributed by atoms with Crippen molar-refractivity contribution in [3.8, 4) is 22.3 Å². The first-order chi connectivity index (χ1) is 11.1. The van der Waals surface area contributed by atoms with E-state index >= 15 is 0 Å². The molecule has 0 aromatic heterocycles. The van der Waals surface area contributed by atoms with E-state index in [2.05, 4.69) is 55.5 Å². The zero-order chi connectivity index (χ0) is 15.8. The fraction of sp³-hybridized carbons (Fsp3) is 0.182. The van der Waals surface area contributed by atoms with E-state index in [1.807, 2.05) is 19.1 Å². The Labute approximate surface area is 136 Å². The molecule has 23 heavy (non-hydrogen) atoms. The summed E-state index contributed by atoms with van der Waals surface area (Å²) in [7, 11) is 0. The monoisotopic (exact) mass is 298 g/mol. The van der Waals surface area contributed by atoms with Gasteiger partial charge in [0.1, 0.15) is 5.60 Å². The van der Waals surface area contributed by atoms with Gasteiger partial charge in [0.05, 0.1) is 0 Å². The van der Waals surface area contributed by atoms with Crippen LogP contribution in [0, 0.1) is 0 Å². The number of benzene rings is 3. The van der Waals surface area contributed by atoms with Crippen LogP contribution in [0.15, 0.2) is 60.7 Å². The Hall–Kier alpha value is -2.38. The molecule has 0 spiro atoms. The predicted molar refractivity (Wildman–Crippen MR) is 93.5 cm³/mol. The molecule has 0 radical (unpaired) electrons. The molecule has 0 aliphatic heterocycles. The molecule has 1 nitrogen and oxygen atoms in total. The number of fused-ring (bicyclic) bond motifs is 6. The highest BCUT2D eigenvalue weighted by Crippen LogP contribution is 2.53. The second-order valence-electron chi connectivity index (χ2n) is 6.91. The van der Waals surface area contributed by atoms with E-state index in [4.69, 9.17) is 0 Å². The lowest BCUT2D eigenvalue weighted by Crippen LogP contribution is -2.19. The highest BCUT2D eigenvalue weighted by Gasteiger charge is 2.39. The van der Waals surface area contributed by atoms with Gasteiger partial charge in [-0.3, -0.25) is 0 Å². The Kier molecular flexibility index (Phi) is 2.35. The molecule has 2 atom stereocenters. The summed E-state index contributed by atoms with van der Waals surface area (Å²) < 4.78 is 0. The van der Waals surface area contributed by atoms with Gasteiger partial charge in [-0.1, -0.05) is 55.5 Å². The van der Waals surface area contributed by atoms with Gasteiger partial charge in [-0.25, -0.2) is 0 Å². The normalized spacial score (nSPS) is 23.2. The minimum absolute atomic E-state index is 0.407. The van der Waals surface area contributed by atoms with Crippen molar-refractivity contribution in [2.45, 2.75) is 25.4 Å². The maximum atomic E-state index is 11.1. The molecule has 0 bridgehead atoms. The molecular formula is C22H18O. The minimum atomic E-state index is -0.915. The fourth-order valence-electron chi connectivity index (χ4n) is 4.41. The second kappa shape index (κ2) is 4.12. The van der Waals surface area contributed by atoms with Crippen LogP contribution in [-0.4, -0.2) is 5.11 Å². The van der Waals surface area contributed by atoms with Gasteiger partial charge in [-0.15, -0.1) is 0 Å². The third-order valence-electron chi connectivity index (χ3n) is 5.64. The molecule has 112 valence electrons. The molecule has 0 heterocycles. The molecule has 2 unspecified atom stereocenters. The van der Waals surface area contributed by atoms with Crippen molar-refractivity contribution in [1.82, 2.24) is 0 Å². The van der Waals surface area contributed by atoms with E-state index in [0.29, 0.717) is 5.92 Å². The van der Waals surface area contributed by atoms with Crippen LogP contribution in [0.5, 0.6) is 0 Å². The Morgan fingerprint density at radius 2 is 1.43 bits per heavy atom. The van der Waals surface area contributed by atoms with E-state index in [1.54, 1.807) is 0 Å². The van der Waals surface area contributed by atoms with E-state index in [-0.39, 0.29) is 0 Å². The second-order valence-corrected chi connectivity index (χ2v) is 6.91. The number of rotatable bonds is 0. The molecule has 0 amide bonds. The van der Waals surface area contributed by atoms with Crippen molar-refractivity contribution in [2.24, 2.45) is 0 Å². The van der Waals surface area contributed by atoms with Gasteiger partial charge >= 0.3 is 0 Å². The first kappa shape index (κ1) is 13.1. The molecule has 2 aliphatic carbocycles. The predicted octanol–water partition coefficient (Wildman–Crippen LogP) is 5.06. The summed E-state index contributed by atoms with van der Waals surface area (Å²) in [5.74, 6) is 0.407. The van der Waals surface area contributed by atoms with Crippen molar-refractivity contribution in [3.05, 3.63) is 82.9 Å². The molecule has 5 rings (SSSR count). The lowest BCUT2D eigenvalue weighted by molar-refractivity contribution is 0.107. The first-order valence-electron chi connectivity index (χ1n) is 8.19. The van der Waals surface area contributed by atoms with Crippen LogP contribution in [0.1, 0.15) is 42.0 Å². The van der Waals surface area contributed by atoms with Gasteiger partial charge < -0.3 is 5.11 Å². The van der Waals surface area contributed by atoms with Gasteiger partial charge in [-0.05, 0) is 63.6 Å². The summed E-state index contributed by atoms with van der Waals surface area (Å²) in [6, 6.07) is 21.4. The average Bonchev–Trinajstić information content (AvgIpc) is 2.98. The SMILES string of the molecule is CC1c2ccccc2-c2cc3c(cc21)-c1ccccc1C3(C)O. The highest BCUT2D eigenvalue weighted by molar-refractivity contribution is 5.88. The topological polar surface area (TPSA) is 20.2 Å². The summed E-state index contributed by atoms with van der Waals surface area (Å²) in [4.78, 5) is 0. The van der Waals surface area contributed by atoms with Crippen molar-refractivity contribution >= 4 is 0 Å². The Balaban J connectivity index is 1.85. The van der Waals surface area contributed by atoms with Crippen LogP contribution in [0.2, 0.25) is 0 Å². The summed E-state index contributed by atoms with van der Waals surface area (Å²) in [5.41, 5.74) is 8.83. The van der Waals surface area contributed by atoms with Crippen LogP contribution in [0.25, 0.3) is 22.3 Å². The van der Waals surface area contributed by atoms with E-state index in [1.165, 1.54) is 33.4 Å². The number of aliphatic hydroxyl groups is 1. The Bertz CT molecular complexity index is 965. The largest absolute Gasteiger partial charge is 0.381 e. The minimum Gasteiger partial charge on any atom is -0.381 e. The number of hydrogen-bond donors (Lipinski definition) is 1. The summed E-state index contributed by atoms with van der Waals surface area (Å²) in [6.45, 7) is 4.18. The standard InChI is InChI=1S/C22H18O/c1-13-14-7-3-4-8-15(14)18-12-21-19(11-17(13)18)16-9-5-6-10-20(16)22(21,2)23/h3-13,23H,1-2H3. The van der Waals surface area contributed by atoms with Gasteiger partial charge in [-0.2, -0.15) is 0 Å². The van der Waals surface area contributed by atoms with E-state index in [9.17, 15) is 5.11 Å². The van der Waals surface area contributed by atoms with Crippen molar-refractivity contribution in [2.75, 3.05) is 0 Å². The first-order valence-corrected chi connectivity index (χ1v) is 8.19. The fourth-order valence-corrected chi connectivity index (χ4v) is 4.41. The lowest BCUT2D eigenvalue weighted by atomic mass is 9.90. The molecular weight excluding hydrogens is 280 g/mol. The third-order valence-corrected chi connectivity index (χ3v) is 5.64. The van der Waals surface area contributed by atoms with Crippen LogP contribution in [0.4, 0.5) is 0 Å². The molecule has 1 heteroatoms. The van der Waals surface area contributed by atoms with Crippen LogP contribution in [-0.2, 0) is 5.60 Å². The van der Waals surface area contributed by atoms with Crippen molar-refractivity contribution in [3.63, 3.8) is 0 Å².